The third-order valence-corrected chi connectivity index (χ3v) is 5.32. The van der Waals surface area contributed by atoms with Crippen LogP contribution < -0.4 is 0 Å². The van der Waals surface area contributed by atoms with E-state index in [4.69, 9.17) is 63.3 Å². The molecule has 0 amide bonds. The summed E-state index contributed by atoms with van der Waals surface area (Å²) in [4.78, 5) is 0.541. The molecule has 92 valence electrons. The summed E-state index contributed by atoms with van der Waals surface area (Å²) in [6.07, 6.45) is 0. The van der Waals surface area contributed by atoms with E-state index in [9.17, 15) is 0 Å². The fraction of sp³-hybridized carbons (Fsp3) is 0. The minimum atomic E-state index is 0.118. The highest BCUT2D eigenvalue weighted by Crippen LogP contribution is 2.48. The molecule has 0 unspecified atom stereocenters. The number of nitriles is 1. The first-order chi connectivity index (χ1) is 8.47. The third-order valence-electron chi connectivity index (χ3n) is 2.21. The molecule has 2 aromatic rings. The van der Waals surface area contributed by atoms with Gasteiger partial charge in [0.1, 0.15) is 10.9 Å². The van der Waals surface area contributed by atoms with Gasteiger partial charge < -0.3 is 0 Å². The van der Waals surface area contributed by atoms with Crippen molar-refractivity contribution in [3.05, 3.63) is 41.4 Å². The second-order valence-corrected chi connectivity index (χ2v) is 6.06. The normalized spacial score (nSPS) is 10.4. The summed E-state index contributed by atoms with van der Waals surface area (Å²) in [5.74, 6) is 0. The maximum absolute atomic E-state index is 8.81. The molecule has 18 heavy (non-hydrogen) atoms. The SMILES string of the molecule is N#Cc1cc(-c2c(Cl)c(Cl)c(Cl)c(Cl)c2Cl)cs1. The standard InChI is InChI=1S/C11H2Cl5NS/c12-7-6(4-1-5(2-17)18-3-4)8(13)10(15)11(16)9(7)14/h1,3H. The van der Waals surface area contributed by atoms with Gasteiger partial charge in [0.15, 0.2) is 0 Å². The molecule has 0 fully saturated rings. The molecule has 2 rings (SSSR count). The Balaban J connectivity index is 2.76. The Morgan fingerprint density at radius 3 is 1.83 bits per heavy atom. The average molecular weight is 357 g/mol. The van der Waals surface area contributed by atoms with E-state index in [-0.39, 0.29) is 25.1 Å². The molecule has 7 heteroatoms. The van der Waals surface area contributed by atoms with Gasteiger partial charge in [0, 0.05) is 10.9 Å². The zero-order valence-corrected chi connectivity index (χ0v) is 13.0. The van der Waals surface area contributed by atoms with Crippen LogP contribution in [0.15, 0.2) is 11.4 Å². The Kier molecular flexibility index (Phi) is 4.33. The molecule has 0 aliphatic carbocycles. The van der Waals surface area contributed by atoms with Crippen LogP contribution in [0.1, 0.15) is 4.88 Å². The van der Waals surface area contributed by atoms with Crippen LogP contribution in [-0.4, -0.2) is 0 Å². The van der Waals surface area contributed by atoms with Gasteiger partial charge in [0.25, 0.3) is 0 Å². The molecule has 1 nitrogen and oxygen atoms in total. The van der Waals surface area contributed by atoms with Crippen LogP contribution in [-0.2, 0) is 0 Å². The molecule has 0 aliphatic heterocycles. The van der Waals surface area contributed by atoms with E-state index in [1.807, 2.05) is 6.07 Å². The maximum Gasteiger partial charge on any atom is 0.110 e. The number of benzene rings is 1. The lowest BCUT2D eigenvalue weighted by atomic mass is 10.1. The summed E-state index contributed by atoms with van der Waals surface area (Å²) in [5, 5.41) is 11.4. The molecule has 0 N–H and O–H groups in total. The quantitative estimate of drug-likeness (QED) is 0.419. The van der Waals surface area contributed by atoms with Crippen molar-refractivity contribution in [3.63, 3.8) is 0 Å². The smallest absolute Gasteiger partial charge is 0.110 e. The van der Waals surface area contributed by atoms with E-state index in [1.165, 1.54) is 11.3 Å². The van der Waals surface area contributed by atoms with Crippen molar-refractivity contribution in [2.75, 3.05) is 0 Å². The third kappa shape index (κ3) is 2.32. The number of hydrogen-bond donors (Lipinski definition) is 0. The fourth-order valence-corrected chi connectivity index (χ4v) is 3.43. The summed E-state index contributed by atoms with van der Waals surface area (Å²) >= 11 is 31.4. The van der Waals surface area contributed by atoms with Gasteiger partial charge in [-0.3, -0.25) is 0 Å². The van der Waals surface area contributed by atoms with Crippen LogP contribution in [0.4, 0.5) is 0 Å². The summed E-state index contributed by atoms with van der Waals surface area (Å²) in [6.45, 7) is 0. The van der Waals surface area contributed by atoms with Gasteiger partial charge in [-0.1, -0.05) is 58.0 Å². The molecular formula is C11H2Cl5NS. The first-order valence-electron chi connectivity index (χ1n) is 4.47. The largest absolute Gasteiger partial charge is 0.192 e. The van der Waals surface area contributed by atoms with Crippen molar-refractivity contribution < 1.29 is 0 Å². The molecule has 0 bridgehead atoms. The Morgan fingerprint density at radius 1 is 0.889 bits per heavy atom. The van der Waals surface area contributed by atoms with Gasteiger partial charge in [0.2, 0.25) is 0 Å². The zero-order chi connectivity index (χ0) is 13.4. The van der Waals surface area contributed by atoms with E-state index < -0.39 is 0 Å². The highest BCUT2D eigenvalue weighted by molar-refractivity contribution is 7.11. The monoisotopic (exact) mass is 355 g/mol. The average Bonchev–Trinajstić information content (AvgIpc) is 2.83. The molecule has 0 aliphatic rings. The van der Waals surface area contributed by atoms with Crippen molar-refractivity contribution >= 4 is 69.3 Å². The molecular weight excluding hydrogens is 355 g/mol. The molecule has 0 saturated carbocycles. The minimum absolute atomic E-state index is 0.118. The lowest BCUT2D eigenvalue weighted by molar-refractivity contribution is 1.52. The highest BCUT2D eigenvalue weighted by atomic mass is 35.5. The van der Waals surface area contributed by atoms with E-state index in [2.05, 4.69) is 0 Å². The summed E-state index contributed by atoms with van der Waals surface area (Å²) in [7, 11) is 0. The summed E-state index contributed by atoms with van der Waals surface area (Å²) in [6, 6.07) is 3.70. The van der Waals surface area contributed by atoms with Crippen molar-refractivity contribution in [1.29, 1.82) is 5.26 Å². The first-order valence-corrected chi connectivity index (χ1v) is 7.24. The minimum Gasteiger partial charge on any atom is -0.192 e. The summed E-state index contributed by atoms with van der Waals surface area (Å²) < 4.78 is 0. The van der Waals surface area contributed by atoms with Crippen molar-refractivity contribution in [2.45, 2.75) is 0 Å². The topological polar surface area (TPSA) is 23.8 Å². The Morgan fingerprint density at radius 2 is 1.39 bits per heavy atom. The second kappa shape index (κ2) is 5.46. The van der Waals surface area contributed by atoms with E-state index in [1.54, 1.807) is 11.4 Å². The Bertz CT molecular complexity index is 642. The molecule has 0 radical (unpaired) electrons. The summed E-state index contributed by atoms with van der Waals surface area (Å²) in [5.41, 5.74) is 1.17. The van der Waals surface area contributed by atoms with E-state index in [0.717, 1.165) is 0 Å². The first kappa shape index (κ1) is 14.3. The molecule has 0 atom stereocenters. The van der Waals surface area contributed by atoms with Crippen molar-refractivity contribution in [3.8, 4) is 17.2 Å². The molecule has 0 spiro atoms. The molecule has 0 saturated heterocycles. The number of hydrogen-bond acceptors (Lipinski definition) is 2. The van der Waals surface area contributed by atoms with Crippen LogP contribution in [0.25, 0.3) is 11.1 Å². The van der Waals surface area contributed by atoms with E-state index in [0.29, 0.717) is 16.0 Å². The number of rotatable bonds is 1. The number of thiophene rings is 1. The lowest BCUT2D eigenvalue weighted by Crippen LogP contribution is -1.85. The van der Waals surface area contributed by atoms with Crippen LogP contribution >= 0.6 is 69.3 Å². The Hall–Kier alpha value is -0.140. The van der Waals surface area contributed by atoms with Gasteiger partial charge >= 0.3 is 0 Å². The number of halogens is 5. The van der Waals surface area contributed by atoms with Gasteiger partial charge in [-0.05, 0) is 11.6 Å². The molecule has 1 aromatic carbocycles. The van der Waals surface area contributed by atoms with Gasteiger partial charge in [-0.15, -0.1) is 11.3 Å². The fourth-order valence-electron chi connectivity index (χ4n) is 1.38. The molecule has 1 aromatic heterocycles. The Labute approximate surface area is 132 Å². The van der Waals surface area contributed by atoms with Gasteiger partial charge in [0.05, 0.1) is 25.1 Å². The predicted octanol–water partition coefficient (Wildman–Crippen LogP) is 6.55. The molecule has 1 heterocycles. The predicted molar refractivity (Wildman–Crippen MR) is 79.5 cm³/mol. The van der Waals surface area contributed by atoms with Crippen LogP contribution in [0.2, 0.25) is 25.1 Å². The van der Waals surface area contributed by atoms with Crippen LogP contribution in [0.3, 0.4) is 0 Å². The van der Waals surface area contributed by atoms with Crippen molar-refractivity contribution in [2.24, 2.45) is 0 Å². The maximum atomic E-state index is 8.81. The highest BCUT2D eigenvalue weighted by Gasteiger charge is 2.21. The van der Waals surface area contributed by atoms with Gasteiger partial charge in [-0.25, -0.2) is 0 Å². The second-order valence-electron chi connectivity index (χ2n) is 3.26. The van der Waals surface area contributed by atoms with Crippen molar-refractivity contribution in [1.82, 2.24) is 0 Å². The van der Waals surface area contributed by atoms with Gasteiger partial charge in [-0.2, -0.15) is 5.26 Å². The van der Waals surface area contributed by atoms with Crippen LogP contribution in [0.5, 0.6) is 0 Å². The van der Waals surface area contributed by atoms with E-state index >= 15 is 0 Å². The lowest BCUT2D eigenvalue weighted by Gasteiger charge is -2.11. The van der Waals surface area contributed by atoms with Crippen LogP contribution in [0, 0.1) is 11.3 Å². The zero-order valence-electron chi connectivity index (χ0n) is 8.40. The number of nitrogens with zero attached hydrogens (tertiary/aromatic N) is 1.